The third-order valence-electron chi connectivity index (χ3n) is 2.63. The fraction of sp³-hybridized carbons (Fsp3) is 0.385. The number of rotatable bonds is 7. The molecule has 0 aliphatic rings. The van der Waals surface area contributed by atoms with Crippen molar-refractivity contribution in [2.45, 2.75) is 19.1 Å². The molecule has 0 heterocycles. The molecule has 3 N–H and O–H groups in total. The number of halogens is 2. The van der Waals surface area contributed by atoms with Gasteiger partial charge in [0.25, 0.3) is 0 Å². The van der Waals surface area contributed by atoms with Gasteiger partial charge in [-0.05, 0) is 30.6 Å². The van der Waals surface area contributed by atoms with Gasteiger partial charge >= 0.3 is 12.0 Å². The number of thioether (sulfide) groups is 1. The molecule has 0 aromatic heterocycles. The fourth-order valence-electron chi connectivity index (χ4n) is 1.57. The van der Waals surface area contributed by atoms with Crippen molar-refractivity contribution in [1.29, 1.82) is 0 Å². The molecule has 0 spiro atoms. The highest BCUT2D eigenvalue weighted by molar-refractivity contribution is 7.98. The Morgan fingerprint density at radius 1 is 1.38 bits per heavy atom. The van der Waals surface area contributed by atoms with E-state index in [-0.39, 0.29) is 6.61 Å². The van der Waals surface area contributed by atoms with E-state index in [1.165, 1.54) is 0 Å². The van der Waals surface area contributed by atoms with Crippen LogP contribution in [0.5, 0.6) is 0 Å². The molecule has 0 unspecified atom stereocenters. The van der Waals surface area contributed by atoms with Crippen molar-refractivity contribution in [1.82, 2.24) is 5.32 Å². The van der Waals surface area contributed by atoms with Crippen molar-refractivity contribution in [2.75, 3.05) is 12.0 Å². The number of hydrogen-bond acceptors (Lipinski definition) is 4. The summed E-state index contributed by atoms with van der Waals surface area (Å²) in [7, 11) is 0. The molecule has 1 aromatic rings. The molecular weight excluding hydrogens is 335 g/mol. The second-order valence-corrected chi connectivity index (χ2v) is 5.95. The lowest BCUT2D eigenvalue weighted by atomic mass is 10.2. The SMILES string of the molecule is CSCC[C@H](NC(N)=O)C(=O)OCc1c(Cl)cccc1Cl. The molecule has 0 saturated heterocycles. The Morgan fingerprint density at radius 2 is 2.00 bits per heavy atom. The number of esters is 1. The molecule has 21 heavy (non-hydrogen) atoms. The minimum absolute atomic E-state index is 0.0620. The molecule has 0 saturated carbocycles. The van der Waals surface area contributed by atoms with Crippen LogP contribution in [0.1, 0.15) is 12.0 Å². The van der Waals surface area contributed by atoms with Gasteiger partial charge in [0.05, 0.1) is 0 Å². The van der Waals surface area contributed by atoms with Crippen LogP contribution in [0.4, 0.5) is 4.79 Å². The lowest BCUT2D eigenvalue weighted by molar-refractivity contribution is -0.147. The van der Waals surface area contributed by atoms with Gasteiger partial charge in [0.2, 0.25) is 0 Å². The number of hydrogen-bond donors (Lipinski definition) is 2. The monoisotopic (exact) mass is 350 g/mol. The highest BCUT2D eigenvalue weighted by Gasteiger charge is 2.21. The molecule has 116 valence electrons. The van der Waals surface area contributed by atoms with Gasteiger partial charge in [0.15, 0.2) is 0 Å². The predicted molar refractivity (Wildman–Crippen MR) is 85.8 cm³/mol. The van der Waals surface area contributed by atoms with Crippen LogP contribution in [0.25, 0.3) is 0 Å². The molecule has 0 radical (unpaired) electrons. The summed E-state index contributed by atoms with van der Waals surface area (Å²) >= 11 is 13.5. The molecule has 1 atom stereocenters. The zero-order chi connectivity index (χ0) is 15.8. The van der Waals surface area contributed by atoms with E-state index in [0.29, 0.717) is 27.8 Å². The van der Waals surface area contributed by atoms with Gasteiger partial charge in [-0.3, -0.25) is 0 Å². The summed E-state index contributed by atoms with van der Waals surface area (Å²) < 4.78 is 5.16. The zero-order valence-electron chi connectivity index (χ0n) is 11.4. The quantitative estimate of drug-likeness (QED) is 0.740. The second kappa shape index (κ2) is 9.02. The standard InChI is InChI=1S/C13H16Cl2N2O3S/c1-21-6-5-11(17-13(16)19)12(18)20-7-8-9(14)3-2-4-10(8)15/h2-4,11H,5-7H2,1H3,(H3,16,17,19)/t11-/m0/s1. The maximum Gasteiger partial charge on any atom is 0.329 e. The van der Waals surface area contributed by atoms with Crippen molar-refractivity contribution in [3.8, 4) is 0 Å². The van der Waals surface area contributed by atoms with Crippen LogP contribution < -0.4 is 11.1 Å². The van der Waals surface area contributed by atoms with E-state index in [1.807, 2.05) is 6.26 Å². The van der Waals surface area contributed by atoms with Crippen molar-refractivity contribution in [3.05, 3.63) is 33.8 Å². The number of nitrogens with two attached hydrogens (primary N) is 1. The van der Waals surface area contributed by atoms with E-state index in [0.717, 1.165) is 0 Å². The van der Waals surface area contributed by atoms with Gasteiger partial charge in [-0.1, -0.05) is 29.3 Å². The summed E-state index contributed by atoms with van der Waals surface area (Å²) in [6, 6.07) is 3.46. The molecular formula is C13H16Cl2N2O3S. The van der Waals surface area contributed by atoms with E-state index >= 15 is 0 Å². The number of ether oxygens (including phenoxy) is 1. The van der Waals surface area contributed by atoms with Crippen molar-refractivity contribution >= 4 is 47.0 Å². The largest absolute Gasteiger partial charge is 0.459 e. The fourth-order valence-corrected chi connectivity index (χ4v) is 2.55. The van der Waals surface area contributed by atoms with Crippen LogP contribution in [0, 0.1) is 0 Å². The average Bonchev–Trinajstić information content (AvgIpc) is 2.42. The highest BCUT2D eigenvalue weighted by atomic mass is 35.5. The normalized spacial score (nSPS) is 11.8. The number of urea groups is 1. The molecule has 0 bridgehead atoms. The number of amides is 2. The van der Waals surface area contributed by atoms with E-state index in [1.54, 1.807) is 30.0 Å². The van der Waals surface area contributed by atoms with Crippen LogP contribution in [0.3, 0.4) is 0 Å². The topological polar surface area (TPSA) is 81.4 Å². The summed E-state index contributed by atoms with van der Waals surface area (Å²) in [5.74, 6) is 0.117. The lowest BCUT2D eigenvalue weighted by Crippen LogP contribution is -2.44. The van der Waals surface area contributed by atoms with Crippen LogP contribution in [0.2, 0.25) is 10.0 Å². The zero-order valence-corrected chi connectivity index (χ0v) is 13.7. The predicted octanol–water partition coefficient (Wildman–Crippen LogP) is 2.83. The summed E-state index contributed by atoms with van der Waals surface area (Å²) in [5, 5.41) is 3.20. The minimum Gasteiger partial charge on any atom is -0.459 e. The Labute approximate surface area is 137 Å². The van der Waals surface area contributed by atoms with E-state index in [2.05, 4.69) is 5.32 Å². The van der Waals surface area contributed by atoms with Crippen molar-refractivity contribution in [2.24, 2.45) is 5.73 Å². The molecule has 0 aliphatic heterocycles. The van der Waals surface area contributed by atoms with Gasteiger partial charge in [-0.15, -0.1) is 0 Å². The maximum atomic E-state index is 12.0. The first-order valence-corrected chi connectivity index (χ1v) is 8.25. The highest BCUT2D eigenvalue weighted by Crippen LogP contribution is 2.25. The Kier molecular flexibility index (Phi) is 7.71. The summed E-state index contributed by atoms with van der Waals surface area (Å²) in [5.41, 5.74) is 5.58. The van der Waals surface area contributed by atoms with Crippen molar-refractivity contribution < 1.29 is 14.3 Å². The van der Waals surface area contributed by atoms with Gasteiger partial charge in [-0.25, -0.2) is 9.59 Å². The molecule has 0 fully saturated rings. The smallest absolute Gasteiger partial charge is 0.329 e. The van der Waals surface area contributed by atoms with Crippen LogP contribution in [-0.2, 0) is 16.1 Å². The third-order valence-corrected chi connectivity index (χ3v) is 3.98. The molecule has 8 heteroatoms. The van der Waals surface area contributed by atoms with E-state index in [4.69, 9.17) is 33.7 Å². The Bertz CT molecular complexity index is 494. The first kappa shape index (κ1) is 17.9. The molecule has 1 rings (SSSR count). The maximum absolute atomic E-state index is 12.0. The third kappa shape index (κ3) is 6.03. The molecule has 5 nitrogen and oxygen atoms in total. The van der Waals surface area contributed by atoms with Crippen molar-refractivity contribution in [3.63, 3.8) is 0 Å². The number of carbonyl (C=O) groups excluding carboxylic acids is 2. The van der Waals surface area contributed by atoms with Crippen LogP contribution >= 0.6 is 35.0 Å². The van der Waals surface area contributed by atoms with Crippen LogP contribution in [-0.4, -0.2) is 30.1 Å². The van der Waals surface area contributed by atoms with E-state index in [9.17, 15) is 9.59 Å². The number of carbonyl (C=O) groups is 2. The first-order chi connectivity index (χ1) is 9.95. The Hall–Kier alpha value is -1.11. The van der Waals surface area contributed by atoms with E-state index < -0.39 is 18.0 Å². The molecule has 2 amide bonds. The minimum atomic E-state index is -0.781. The molecule has 0 aliphatic carbocycles. The lowest BCUT2D eigenvalue weighted by Gasteiger charge is -2.16. The van der Waals surface area contributed by atoms with Gasteiger partial charge in [0, 0.05) is 15.6 Å². The number of nitrogens with one attached hydrogen (secondary N) is 1. The average molecular weight is 351 g/mol. The van der Waals surface area contributed by atoms with Gasteiger partial charge in [-0.2, -0.15) is 11.8 Å². The Balaban J connectivity index is 2.66. The molecule has 1 aromatic carbocycles. The van der Waals surface area contributed by atoms with Crippen LogP contribution in [0.15, 0.2) is 18.2 Å². The number of primary amides is 1. The van der Waals surface area contributed by atoms with Gasteiger partial charge < -0.3 is 15.8 Å². The first-order valence-electron chi connectivity index (χ1n) is 6.10. The Morgan fingerprint density at radius 3 is 2.52 bits per heavy atom. The summed E-state index contributed by atoms with van der Waals surface area (Å²) in [4.78, 5) is 22.9. The van der Waals surface area contributed by atoms with Gasteiger partial charge in [0.1, 0.15) is 12.6 Å². The second-order valence-electron chi connectivity index (χ2n) is 4.15. The summed E-state index contributed by atoms with van der Waals surface area (Å²) in [6.45, 7) is -0.0620. The number of benzene rings is 1. The summed E-state index contributed by atoms with van der Waals surface area (Å²) in [6.07, 6.45) is 2.33.